The van der Waals surface area contributed by atoms with Gasteiger partial charge in [0.05, 0.1) is 29.3 Å². The molecule has 0 aliphatic carbocycles. The van der Waals surface area contributed by atoms with Gasteiger partial charge in [-0.1, -0.05) is 18.2 Å². The first kappa shape index (κ1) is 17.2. The molecule has 0 aliphatic rings. The van der Waals surface area contributed by atoms with E-state index in [2.05, 4.69) is 5.32 Å². The molecule has 1 heterocycles. The number of aliphatic hydroxyl groups excluding tert-OH is 1. The summed E-state index contributed by atoms with van der Waals surface area (Å²) in [5.41, 5.74) is 0.644. The lowest BCUT2D eigenvalue weighted by atomic mass is 10.1. The van der Waals surface area contributed by atoms with E-state index in [9.17, 15) is 18.3 Å². The average Bonchev–Trinajstić information content (AvgIpc) is 3.08. The zero-order valence-corrected chi connectivity index (χ0v) is 13.3. The SMILES string of the molecule is O=C(CCS(=O)(=O)c1ccccc1)NCCC(O)c1ccoc1. The summed E-state index contributed by atoms with van der Waals surface area (Å²) >= 11 is 0. The highest BCUT2D eigenvalue weighted by Crippen LogP contribution is 2.16. The largest absolute Gasteiger partial charge is 0.472 e. The molecule has 0 aliphatic heterocycles. The summed E-state index contributed by atoms with van der Waals surface area (Å²) in [5.74, 6) is -0.600. The number of sulfone groups is 1. The van der Waals surface area contributed by atoms with Crippen LogP contribution in [-0.2, 0) is 14.6 Å². The number of hydrogen-bond donors (Lipinski definition) is 2. The van der Waals surface area contributed by atoms with Crippen LogP contribution in [0.15, 0.2) is 58.2 Å². The molecule has 1 atom stereocenters. The van der Waals surface area contributed by atoms with Gasteiger partial charge in [0.1, 0.15) is 0 Å². The molecule has 7 heteroatoms. The van der Waals surface area contributed by atoms with Crippen LogP contribution in [0.1, 0.15) is 24.5 Å². The molecule has 2 N–H and O–H groups in total. The maximum atomic E-state index is 12.0. The predicted octanol–water partition coefficient (Wildman–Crippen LogP) is 1.68. The Hall–Kier alpha value is -2.12. The molecule has 1 aromatic carbocycles. The minimum absolute atomic E-state index is 0.112. The summed E-state index contributed by atoms with van der Waals surface area (Å²) in [6, 6.07) is 9.69. The number of benzene rings is 1. The van der Waals surface area contributed by atoms with Gasteiger partial charge in [0.25, 0.3) is 0 Å². The standard InChI is InChI=1S/C16H19NO5S/c18-15(13-7-10-22-12-13)6-9-17-16(19)8-11-23(20,21)14-4-2-1-3-5-14/h1-5,7,10,12,15,18H,6,8-9,11H2,(H,17,19). The molecule has 0 fully saturated rings. The second-order valence-electron chi connectivity index (χ2n) is 5.09. The van der Waals surface area contributed by atoms with E-state index in [1.165, 1.54) is 24.7 Å². The van der Waals surface area contributed by atoms with Gasteiger partial charge in [-0.15, -0.1) is 0 Å². The number of carbonyl (C=O) groups is 1. The number of furan rings is 1. The first-order valence-electron chi connectivity index (χ1n) is 7.24. The highest BCUT2D eigenvalue weighted by atomic mass is 32.2. The number of aliphatic hydroxyl groups is 1. The molecule has 124 valence electrons. The van der Waals surface area contributed by atoms with E-state index in [1.54, 1.807) is 24.3 Å². The fraction of sp³-hybridized carbons (Fsp3) is 0.312. The van der Waals surface area contributed by atoms with Crippen LogP contribution in [0.25, 0.3) is 0 Å². The number of nitrogens with one attached hydrogen (secondary N) is 1. The van der Waals surface area contributed by atoms with Gasteiger partial charge in [0.2, 0.25) is 5.91 Å². The summed E-state index contributed by atoms with van der Waals surface area (Å²) in [6.07, 6.45) is 2.40. The van der Waals surface area contributed by atoms with Crippen molar-refractivity contribution in [3.63, 3.8) is 0 Å². The minimum Gasteiger partial charge on any atom is -0.472 e. The highest BCUT2D eigenvalue weighted by Gasteiger charge is 2.16. The lowest BCUT2D eigenvalue weighted by Gasteiger charge is -2.09. The summed E-state index contributed by atoms with van der Waals surface area (Å²) in [7, 11) is -3.45. The molecular formula is C16H19NO5S. The summed E-state index contributed by atoms with van der Waals surface area (Å²) in [6.45, 7) is 0.260. The smallest absolute Gasteiger partial charge is 0.221 e. The third kappa shape index (κ3) is 5.22. The van der Waals surface area contributed by atoms with E-state index in [-0.39, 0.29) is 29.5 Å². The van der Waals surface area contributed by atoms with Crippen LogP contribution < -0.4 is 5.32 Å². The number of amides is 1. The topological polar surface area (TPSA) is 96.6 Å². The maximum absolute atomic E-state index is 12.0. The highest BCUT2D eigenvalue weighted by molar-refractivity contribution is 7.91. The van der Waals surface area contributed by atoms with E-state index < -0.39 is 15.9 Å². The van der Waals surface area contributed by atoms with E-state index in [1.807, 2.05) is 0 Å². The van der Waals surface area contributed by atoms with Crippen LogP contribution in [0.4, 0.5) is 0 Å². The van der Waals surface area contributed by atoms with E-state index >= 15 is 0 Å². The third-order valence-electron chi connectivity index (χ3n) is 3.37. The van der Waals surface area contributed by atoms with Gasteiger partial charge in [-0.2, -0.15) is 0 Å². The molecule has 0 bridgehead atoms. The van der Waals surface area contributed by atoms with Crippen molar-refractivity contribution in [1.82, 2.24) is 5.32 Å². The molecule has 0 spiro atoms. The molecule has 1 aromatic heterocycles. The lowest BCUT2D eigenvalue weighted by Crippen LogP contribution is -2.27. The molecule has 0 radical (unpaired) electrons. The zero-order chi connectivity index (χ0) is 16.7. The Kier molecular flexibility index (Phi) is 5.95. The monoisotopic (exact) mass is 337 g/mol. The van der Waals surface area contributed by atoms with Crippen LogP contribution in [0.3, 0.4) is 0 Å². The van der Waals surface area contributed by atoms with Crippen molar-refractivity contribution in [2.45, 2.75) is 23.8 Å². The molecule has 23 heavy (non-hydrogen) atoms. The molecule has 0 saturated heterocycles. The van der Waals surface area contributed by atoms with Crippen LogP contribution in [0.2, 0.25) is 0 Å². The molecule has 1 amide bonds. The molecular weight excluding hydrogens is 318 g/mol. The van der Waals surface area contributed by atoms with Gasteiger partial charge in [-0.25, -0.2) is 8.42 Å². The summed E-state index contributed by atoms with van der Waals surface area (Å²) in [5, 5.41) is 12.4. The van der Waals surface area contributed by atoms with Crippen LogP contribution in [0.5, 0.6) is 0 Å². The van der Waals surface area contributed by atoms with Gasteiger partial charge in [0.15, 0.2) is 9.84 Å². The van der Waals surface area contributed by atoms with Crippen LogP contribution in [0, 0.1) is 0 Å². The number of rotatable bonds is 8. The van der Waals surface area contributed by atoms with Gasteiger partial charge in [-0.3, -0.25) is 4.79 Å². The molecule has 6 nitrogen and oxygen atoms in total. The van der Waals surface area contributed by atoms with Crippen LogP contribution in [-0.4, -0.2) is 31.7 Å². The Morgan fingerprint density at radius 3 is 2.61 bits per heavy atom. The normalized spacial score (nSPS) is 12.7. The summed E-state index contributed by atoms with van der Waals surface area (Å²) < 4.78 is 29.0. The summed E-state index contributed by atoms with van der Waals surface area (Å²) in [4.78, 5) is 11.9. The van der Waals surface area contributed by atoms with Gasteiger partial charge >= 0.3 is 0 Å². The van der Waals surface area contributed by atoms with Gasteiger partial charge in [0, 0.05) is 18.5 Å². The second-order valence-corrected chi connectivity index (χ2v) is 7.20. The quantitative estimate of drug-likeness (QED) is 0.764. The van der Waals surface area contributed by atoms with E-state index in [4.69, 9.17) is 4.42 Å². The number of hydrogen-bond acceptors (Lipinski definition) is 5. The van der Waals surface area contributed by atoms with Gasteiger partial charge in [-0.05, 0) is 24.6 Å². The minimum atomic E-state index is -3.45. The fourth-order valence-electron chi connectivity index (χ4n) is 2.04. The van der Waals surface area contributed by atoms with Crippen molar-refractivity contribution in [3.8, 4) is 0 Å². The molecule has 2 aromatic rings. The Labute approximate surface area is 135 Å². The average molecular weight is 337 g/mol. The first-order chi connectivity index (χ1) is 11.0. The fourth-order valence-corrected chi connectivity index (χ4v) is 3.30. The van der Waals surface area contributed by atoms with Gasteiger partial charge < -0.3 is 14.8 Å². The Morgan fingerprint density at radius 1 is 1.22 bits per heavy atom. The Bertz CT molecular complexity index is 710. The zero-order valence-electron chi connectivity index (χ0n) is 12.5. The van der Waals surface area contributed by atoms with Crippen molar-refractivity contribution in [2.75, 3.05) is 12.3 Å². The first-order valence-corrected chi connectivity index (χ1v) is 8.89. The lowest BCUT2D eigenvalue weighted by molar-refractivity contribution is -0.120. The molecule has 2 rings (SSSR count). The van der Waals surface area contributed by atoms with Crippen LogP contribution >= 0.6 is 0 Å². The van der Waals surface area contributed by atoms with Crippen molar-refractivity contribution >= 4 is 15.7 Å². The second kappa shape index (κ2) is 7.94. The van der Waals surface area contributed by atoms with Crippen molar-refractivity contribution in [3.05, 3.63) is 54.5 Å². The predicted molar refractivity (Wildman–Crippen MR) is 84.4 cm³/mol. The third-order valence-corrected chi connectivity index (χ3v) is 5.10. The van der Waals surface area contributed by atoms with Crippen molar-refractivity contribution < 1.29 is 22.7 Å². The Balaban J connectivity index is 1.73. The Morgan fingerprint density at radius 2 is 1.96 bits per heavy atom. The van der Waals surface area contributed by atoms with Crippen molar-refractivity contribution in [2.24, 2.45) is 0 Å². The van der Waals surface area contributed by atoms with Crippen molar-refractivity contribution in [1.29, 1.82) is 0 Å². The van der Waals surface area contributed by atoms with E-state index in [0.29, 0.717) is 12.0 Å². The van der Waals surface area contributed by atoms with E-state index in [0.717, 1.165) is 0 Å². The maximum Gasteiger partial charge on any atom is 0.221 e. The molecule has 0 saturated carbocycles. The molecule has 1 unspecified atom stereocenters. The number of carbonyl (C=O) groups excluding carboxylic acids is 1.